The Labute approximate surface area is 140 Å². The van der Waals surface area contributed by atoms with E-state index < -0.39 is 0 Å². The van der Waals surface area contributed by atoms with Crippen molar-refractivity contribution < 1.29 is 4.74 Å². The van der Waals surface area contributed by atoms with Crippen LogP contribution in [0.5, 0.6) is 5.75 Å². The summed E-state index contributed by atoms with van der Waals surface area (Å²) in [7, 11) is 1.67. The van der Waals surface area contributed by atoms with Crippen LogP contribution >= 0.6 is 0 Å². The number of para-hydroxylation sites is 5. The molecular formula is C20H17N3O. The van der Waals surface area contributed by atoms with E-state index in [0.717, 1.165) is 39.9 Å². The Morgan fingerprint density at radius 1 is 0.833 bits per heavy atom. The highest BCUT2D eigenvalue weighted by Gasteiger charge is 2.16. The van der Waals surface area contributed by atoms with Crippen LogP contribution in [0.3, 0.4) is 0 Å². The summed E-state index contributed by atoms with van der Waals surface area (Å²) in [5, 5.41) is 6.88. The number of methoxy groups -OCH3 is 1. The van der Waals surface area contributed by atoms with E-state index in [2.05, 4.69) is 22.8 Å². The lowest BCUT2D eigenvalue weighted by Crippen LogP contribution is -2.14. The summed E-state index contributed by atoms with van der Waals surface area (Å²) in [6.45, 7) is 0. The molecule has 0 radical (unpaired) electrons. The van der Waals surface area contributed by atoms with E-state index in [1.54, 1.807) is 7.11 Å². The number of anilines is 3. The number of amidine groups is 1. The summed E-state index contributed by atoms with van der Waals surface area (Å²) in [5.74, 6) is 1.57. The van der Waals surface area contributed by atoms with Crippen molar-refractivity contribution in [2.75, 3.05) is 17.7 Å². The zero-order chi connectivity index (χ0) is 16.4. The number of fused-ring (bicyclic) bond motifs is 2. The predicted molar refractivity (Wildman–Crippen MR) is 99.0 cm³/mol. The van der Waals surface area contributed by atoms with E-state index in [1.165, 1.54) is 0 Å². The standard InChI is InChI=1S/C20H17N3O/c1-24-19-13-7-6-12-18(19)23-20-14-8-2-3-9-15(14)21-16-10-4-5-11-17(16)22-20/h2-13,21H,1H3,(H,22,23). The van der Waals surface area contributed by atoms with Gasteiger partial charge in [0.15, 0.2) is 0 Å². The molecule has 0 saturated heterocycles. The van der Waals surface area contributed by atoms with Gasteiger partial charge in [-0.15, -0.1) is 0 Å². The molecule has 0 amide bonds. The minimum Gasteiger partial charge on any atom is -0.495 e. The molecular weight excluding hydrogens is 298 g/mol. The van der Waals surface area contributed by atoms with Gasteiger partial charge in [0.05, 0.1) is 24.2 Å². The molecule has 0 bridgehead atoms. The summed E-state index contributed by atoms with van der Waals surface area (Å²) < 4.78 is 5.44. The van der Waals surface area contributed by atoms with Crippen molar-refractivity contribution in [1.82, 2.24) is 0 Å². The van der Waals surface area contributed by atoms with E-state index in [-0.39, 0.29) is 0 Å². The van der Waals surface area contributed by atoms with Crippen molar-refractivity contribution in [3.63, 3.8) is 0 Å². The average molecular weight is 315 g/mol. The summed E-state index contributed by atoms with van der Waals surface area (Å²) in [6, 6.07) is 24.0. The van der Waals surface area contributed by atoms with Gasteiger partial charge in [-0.25, -0.2) is 4.99 Å². The molecule has 4 heteroatoms. The molecule has 1 aliphatic rings. The van der Waals surface area contributed by atoms with Gasteiger partial charge in [0.25, 0.3) is 0 Å². The highest BCUT2D eigenvalue weighted by atomic mass is 16.5. The fourth-order valence-corrected chi connectivity index (χ4v) is 2.77. The summed E-state index contributed by atoms with van der Waals surface area (Å²) >= 11 is 0. The molecule has 118 valence electrons. The SMILES string of the molecule is COc1ccccc1NC1=Nc2ccccc2Nc2ccccc21. The first-order valence-corrected chi connectivity index (χ1v) is 7.79. The molecule has 0 unspecified atom stereocenters. The molecule has 3 aromatic rings. The lowest BCUT2D eigenvalue weighted by molar-refractivity contribution is 0.417. The molecule has 0 spiro atoms. The summed E-state index contributed by atoms with van der Waals surface area (Å²) in [5.41, 5.74) is 4.80. The minimum atomic E-state index is 0.781. The van der Waals surface area contributed by atoms with Crippen molar-refractivity contribution in [2.24, 2.45) is 4.99 Å². The van der Waals surface area contributed by atoms with E-state index in [1.807, 2.05) is 60.7 Å². The second kappa shape index (κ2) is 6.08. The molecule has 1 aliphatic heterocycles. The molecule has 3 aromatic carbocycles. The van der Waals surface area contributed by atoms with Gasteiger partial charge in [0.2, 0.25) is 0 Å². The van der Waals surface area contributed by atoms with Crippen LogP contribution in [-0.2, 0) is 0 Å². The number of nitrogens with zero attached hydrogens (tertiary/aromatic N) is 1. The quantitative estimate of drug-likeness (QED) is 0.704. The van der Waals surface area contributed by atoms with Crippen molar-refractivity contribution in [3.8, 4) is 5.75 Å². The Morgan fingerprint density at radius 2 is 1.54 bits per heavy atom. The van der Waals surface area contributed by atoms with Crippen molar-refractivity contribution >= 4 is 28.6 Å². The number of rotatable bonds is 2. The van der Waals surface area contributed by atoms with Gasteiger partial charge in [-0.05, 0) is 36.4 Å². The number of nitrogens with one attached hydrogen (secondary N) is 2. The zero-order valence-corrected chi connectivity index (χ0v) is 13.3. The first-order valence-electron chi connectivity index (χ1n) is 7.79. The lowest BCUT2D eigenvalue weighted by atomic mass is 10.1. The van der Waals surface area contributed by atoms with Gasteiger partial charge in [-0.3, -0.25) is 0 Å². The number of ether oxygens (including phenoxy) is 1. The van der Waals surface area contributed by atoms with Gasteiger partial charge in [-0.1, -0.05) is 36.4 Å². The third-order valence-corrected chi connectivity index (χ3v) is 3.95. The molecule has 4 nitrogen and oxygen atoms in total. The van der Waals surface area contributed by atoms with E-state index in [4.69, 9.17) is 9.73 Å². The molecule has 4 rings (SSSR count). The lowest BCUT2D eigenvalue weighted by Gasteiger charge is -2.14. The molecule has 0 aliphatic carbocycles. The largest absolute Gasteiger partial charge is 0.495 e. The third kappa shape index (κ3) is 2.58. The van der Waals surface area contributed by atoms with Crippen molar-refractivity contribution in [2.45, 2.75) is 0 Å². The van der Waals surface area contributed by atoms with Crippen LogP contribution in [0.25, 0.3) is 0 Å². The van der Waals surface area contributed by atoms with Crippen LogP contribution < -0.4 is 15.4 Å². The minimum absolute atomic E-state index is 0.781. The Kier molecular flexibility index (Phi) is 3.63. The average Bonchev–Trinajstić information content (AvgIpc) is 2.79. The molecule has 2 N–H and O–H groups in total. The van der Waals surface area contributed by atoms with Crippen LogP contribution in [0.4, 0.5) is 22.7 Å². The maximum atomic E-state index is 5.44. The molecule has 0 aromatic heterocycles. The normalized spacial score (nSPS) is 12.1. The maximum absolute atomic E-state index is 5.44. The number of hydrogen-bond acceptors (Lipinski definition) is 4. The zero-order valence-electron chi connectivity index (χ0n) is 13.3. The Morgan fingerprint density at radius 3 is 2.42 bits per heavy atom. The molecule has 0 saturated carbocycles. The number of benzene rings is 3. The van der Waals surface area contributed by atoms with Crippen molar-refractivity contribution in [1.29, 1.82) is 0 Å². The Hall–Kier alpha value is -3.27. The maximum Gasteiger partial charge on any atom is 0.142 e. The Bertz CT molecular complexity index is 918. The first-order chi connectivity index (χ1) is 11.8. The molecule has 0 atom stereocenters. The highest BCUT2D eigenvalue weighted by Crippen LogP contribution is 2.34. The number of hydrogen-bond donors (Lipinski definition) is 2. The van der Waals surface area contributed by atoms with E-state index in [9.17, 15) is 0 Å². The fraction of sp³-hybridized carbons (Fsp3) is 0.0500. The van der Waals surface area contributed by atoms with Gasteiger partial charge < -0.3 is 15.4 Å². The van der Waals surface area contributed by atoms with Crippen molar-refractivity contribution in [3.05, 3.63) is 78.4 Å². The highest BCUT2D eigenvalue weighted by molar-refractivity contribution is 6.15. The molecule has 24 heavy (non-hydrogen) atoms. The summed E-state index contributed by atoms with van der Waals surface area (Å²) in [4.78, 5) is 4.84. The second-order valence-corrected chi connectivity index (χ2v) is 5.47. The van der Waals surface area contributed by atoms with Gasteiger partial charge in [0.1, 0.15) is 11.6 Å². The molecule has 0 fully saturated rings. The molecule has 1 heterocycles. The fourth-order valence-electron chi connectivity index (χ4n) is 2.77. The van der Waals surface area contributed by atoms with Gasteiger partial charge >= 0.3 is 0 Å². The van der Waals surface area contributed by atoms with Crippen LogP contribution in [0, 0.1) is 0 Å². The van der Waals surface area contributed by atoms with E-state index in [0.29, 0.717) is 0 Å². The third-order valence-electron chi connectivity index (χ3n) is 3.95. The number of aliphatic imine (C=N–C) groups is 1. The smallest absolute Gasteiger partial charge is 0.142 e. The van der Waals surface area contributed by atoms with Crippen LogP contribution in [0.1, 0.15) is 5.56 Å². The van der Waals surface area contributed by atoms with Gasteiger partial charge in [-0.2, -0.15) is 0 Å². The summed E-state index contributed by atoms with van der Waals surface area (Å²) in [6.07, 6.45) is 0. The van der Waals surface area contributed by atoms with Crippen LogP contribution in [-0.4, -0.2) is 12.9 Å². The predicted octanol–water partition coefficient (Wildman–Crippen LogP) is 4.94. The van der Waals surface area contributed by atoms with E-state index >= 15 is 0 Å². The monoisotopic (exact) mass is 315 g/mol. The van der Waals surface area contributed by atoms with Crippen LogP contribution in [0.2, 0.25) is 0 Å². The topological polar surface area (TPSA) is 45.6 Å². The first kappa shape index (κ1) is 14.3. The second-order valence-electron chi connectivity index (χ2n) is 5.47. The van der Waals surface area contributed by atoms with Crippen LogP contribution in [0.15, 0.2) is 77.8 Å². The Balaban J connectivity index is 1.84. The van der Waals surface area contributed by atoms with Gasteiger partial charge in [0, 0.05) is 11.3 Å².